The van der Waals surface area contributed by atoms with Crippen molar-refractivity contribution >= 4 is 35.9 Å². The molecule has 0 spiro atoms. The second-order valence-electron chi connectivity index (χ2n) is 4.83. The molecule has 0 saturated heterocycles. The van der Waals surface area contributed by atoms with Crippen LogP contribution >= 0.6 is 11.6 Å². The second-order valence-corrected chi connectivity index (χ2v) is 5.18. The van der Waals surface area contributed by atoms with Gasteiger partial charge in [-0.3, -0.25) is 4.99 Å². The van der Waals surface area contributed by atoms with E-state index < -0.39 is 0 Å². The summed E-state index contributed by atoms with van der Waals surface area (Å²) in [7, 11) is 0. The lowest BCUT2D eigenvalue weighted by molar-refractivity contribution is -0.107. The molecule has 0 saturated carbocycles. The van der Waals surface area contributed by atoms with Crippen LogP contribution in [0, 0.1) is 0 Å². The van der Waals surface area contributed by atoms with Crippen LogP contribution in [0.25, 0.3) is 6.08 Å². The van der Waals surface area contributed by atoms with Gasteiger partial charge in [-0.05, 0) is 30.2 Å². The molecule has 1 aromatic heterocycles. The van der Waals surface area contributed by atoms with Gasteiger partial charge in [0.2, 0.25) is 0 Å². The maximum Gasteiger partial charge on any atom is 0.138 e. The highest BCUT2D eigenvalue weighted by Gasteiger charge is 2.04. The highest BCUT2D eigenvalue weighted by Crippen LogP contribution is 2.26. The summed E-state index contributed by atoms with van der Waals surface area (Å²) in [5.41, 5.74) is 3.20. The Balaban J connectivity index is 3.15. The van der Waals surface area contributed by atoms with Gasteiger partial charge in [0.15, 0.2) is 0 Å². The summed E-state index contributed by atoms with van der Waals surface area (Å²) >= 11 is 6.22. The number of nitrogens with zero attached hydrogens (tertiary/aromatic N) is 2. The van der Waals surface area contributed by atoms with Crippen molar-refractivity contribution in [2.45, 2.75) is 13.3 Å². The van der Waals surface area contributed by atoms with E-state index in [0.29, 0.717) is 22.8 Å². The van der Waals surface area contributed by atoms with E-state index in [4.69, 9.17) is 11.6 Å². The molecule has 1 aromatic rings. The van der Waals surface area contributed by atoms with Gasteiger partial charge in [0.1, 0.15) is 11.4 Å². The monoisotopic (exact) mass is 352 g/mol. The van der Waals surface area contributed by atoms with E-state index in [1.807, 2.05) is 37.3 Å². The number of hydrogen-bond donors (Lipinski definition) is 0. The molecule has 0 aliphatic carbocycles. The molecule has 0 aliphatic rings. The fraction of sp³-hybridized carbons (Fsp3) is 0.0952. The zero-order valence-electron chi connectivity index (χ0n) is 14.2. The normalized spacial score (nSPS) is 13.0. The summed E-state index contributed by atoms with van der Waals surface area (Å²) < 4.78 is 0. The van der Waals surface area contributed by atoms with Gasteiger partial charge in [-0.15, -0.1) is 0 Å². The molecule has 25 heavy (non-hydrogen) atoms. The summed E-state index contributed by atoms with van der Waals surface area (Å²) in [6.45, 7) is 9.34. The van der Waals surface area contributed by atoms with Gasteiger partial charge in [0, 0.05) is 24.4 Å². The highest BCUT2D eigenvalue weighted by molar-refractivity contribution is 6.31. The summed E-state index contributed by atoms with van der Waals surface area (Å²) in [6.07, 6.45) is 19.1. The van der Waals surface area contributed by atoms with Crippen LogP contribution in [0.4, 0.5) is 5.69 Å². The van der Waals surface area contributed by atoms with E-state index in [2.05, 4.69) is 23.1 Å². The second kappa shape index (κ2) is 11.7. The molecule has 1 rings (SSSR count). The first-order valence-corrected chi connectivity index (χ1v) is 8.12. The van der Waals surface area contributed by atoms with Crippen molar-refractivity contribution in [1.82, 2.24) is 4.98 Å². The van der Waals surface area contributed by atoms with E-state index >= 15 is 0 Å². The lowest BCUT2D eigenvalue weighted by atomic mass is 10.1. The van der Waals surface area contributed by atoms with Crippen molar-refractivity contribution in [3.8, 4) is 0 Å². The Morgan fingerprint density at radius 1 is 1.32 bits per heavy atom. The van der Waals surface area contributed by atoms with Crippen molar-refractivity contribution in [1.29, 1.82) is 0 Å². The number of rotatable bonds is 9. The van der Waals surface area contributed by atoms with Crippen molar-refractivity contribution < 1.29 is 4.79 Å². The number of pyridine rings is 1. The Kier molecular flexibility index (Phi) is 9.49. The molecule has 0 aliphatic heterocycles. The standard InChI is InChI=1S/C21H21ClN2O/c1-4-9-17(5-2)11-12-19-20(13-14-23-21(19)22)24-16-18(6-3)10-7-8-15-25/h4-7,9-16H,1-2,8H2,3H3/b10-7-,12-11+,17-9+,18-6+,24-16?. The van der Waals surface area contributed by atoms with Crippen molar-refractivity contribution in [2.75, 3.05) is 0 Å². The summed E-state index contributed by atoms with van der Waals surface area (Å²) in [5.74, 6) is 0. The number of hydrogen-bond acceptors (Lipinski definition) is 3. The van der Waals surface area contributed by atoms with Crippen LogP contribution in [0.5, 0.6) is 0 Å². The number of carbonyl (C=O) groups excluding carboxylic acids is 1. The number of allylic oxidation sites excluding steroid dienone is 9. The predicted molar refractivity (Wildman–Crippen MR) is 108 cm³/mol. The van der Waals surface area contributed by atoms with Gasteiger partial charge in [-0.2, -0.15) is 0 Å². The first kappa shape index (κ1) is 20.3. The first-order chi connectivity index (χ1) is 12.2. The van der Waals surface area contributed by atoms with Gasteiger partial charge in [-0.1, -0.05) is 67.3 Å². The van der Waals surface area contributed by atoms with E-state index in [0.717, 1.165) is 17.4 Å². The molecule has 1 heterocycles. The molecule has 4 heteroatoms. The molecule has 0 N–H and O–H groups in total. The van der Waals surface area contributed by atoms with Gasteiger partial charge >= 0.3 is 0 Å². The zero-order valence-corrected chi connectivity index (χ0v) is 15.0. The lowest BCUT2D eigenvalue weighted by Gasteiger charge is -2.03. The first-order valence-electron chi connectivity index (χ1n) is 7.74. The smallest absolute Gasteiger partial charge is 0.138 e. The number of aldehydes is 1. The van der Waals surface area contributed by atoms with Crippen molar-refractivity contribution in [3.05, 3.63) is 89.8 Å². The third kappa shape index (κ3) is 7.10. The molecule has 0 atom stereocenters. The molecule has 3 nitrogen and oxygen atoms in total. The molecule has 0 unspecified atom stereocenters. The lowest BCUT2D eigenvalue weighted by Crippen LogP contribution is -1.85. The SMILES string of the molecule is C=C/C=C(C=C)/C=C/c1c(N=CC(/C=C\CC=O)=C/C)ccnc1Cl. The number of aromatic nitrogens is 1. The minimum absolute atomic E-state index is 0.367. The zero-order chi connectivity index (χ0) is 18.5. The largest absolute Gasteiger partial charge is 0.303 e. The average Bonchev–Trinajstić information content (AvgIpc) is 2.62. The van der Waals surface area contributed by atoms with Crippen LogP contribution < -0.4 is 0 Å². The number of aliphatic imine (C=N–C) groups is 1. The molecule has 0 aromatic carbocycles. The summed E-state index contributed by atoms with van der Waals surface area (Å²) in [5, 5.41) is 0.367. The number of halogens is 1. The molecule has 0 bridgehead atoms. The van der Waals surface area contributed by atoms with Crippen LogP contribution in [-0.4, -0.2) is 17.5 Å². The Labute approximate surface area is 154 Å². The van der Waals surface area contributed by atoms with E-state index in [9.17, 15) is 4.79 Å². The fourth-order valence-corrected chi connectivity index (χ4v) is 2.05. The number of carbonyl (C=O) groups is 1. The van der Waals surface area contributed by atoms with Crippen LogP contribution in [0.3, 0.4) is 0 Å². The van der Waals surface area contributed by atoms with Gasteiger partial charge in [0.05, 0.1) is 5.69 Å². The third-order valence-corrected chi connectivity index (χ3v) is 3.44. The Bertz CT molecular complexity index is 768. The van der Waals surface area contributed by atoms with Crippen molar-refractivity contribution in [3.63, 3.8) is 0 Å². The van der Waals surface area contributed by atoms with E-state index in [-0.39, 0.29) is 0 Å². The topological polar surface area (TPSA) is 42.3 Å². The molecule has 0 amide bonds. The van der Waals surface area contributed by atoms with Gasteiger partial charge in [-0.25, -0.2) is 4.98 Å². The van der Waals surface area contributed by atoms with Crippen LogP contribution in [-0.2, 0) is 4.79 Å². The van der Waals surface area contributed by atoms with Gasteiger partial charge < -0.3 is 4.79 Å². The Morgan fingerprint density at radius 3 is 2.76 bits per heavy atom. The Hall–Kier alpha value is -2.78. The van der Waals surface area contributed by atoms with Crippen LogP contribution in [0.1, 0.15) is 18.9 Å². The molecule has 128 valence electrons. The van der Waals surface area contributed by atoms with Crippen LogP contribution in [0.2, 0.25) is 5.15 Å². The quantitative estimate of drug-likeness (QED) is 0.242. The minimum Gasteiger partial charge on any atom is -0.303 e. The highest BCUT2D eigenvalue weighted by atomic mass is 35.5. The maximum absolute atomic E-state index is 10.4. The third-order valence-electron chi connectivity index (χ3n) is 3.14. The predicted octanol–water partition coefficient (Wildman–Crippen LogP) is 5.84. The molecular weight excluding hydrogens is 332 g/mol. The fourth-order valence-electron chi connectivity index (χ4n) is 1.83. The molecule has 0 radical (unpaired) electrons. The average molecular weight is 353 g/mol. The molecule has 0 fully saturated rings. The Morgan fingerprint density at radius 2 is 2.12 bits per heavy atom. The van der Waals surface area contributed by atoms with E-state index in [1.165, 1.54) is 0 Å². The van der Waals surface area contributed by atoms with E-state index in [1.54, 1.807) is 36.7 Å². The van der Waals surface area contributed by atoms with Crippen molar-refractivity contribution in [2.24, 2.45) is 4.99 Å². The van der Waals surface area contributed by atoms with Crippen LogP contribution in [0.15, 0.2) is 84.1 Å². The maximum atomic E-state index is 10.4. The van der Waals surface area contributed by atoms with Gasteiger partial charge in [0.25, 0.3) is 0 Å². The summed E-state index contributed by atoms with van der Waals surface area (Å²) in [4.78, 5) is 19.0. The summed E-state index contributed by atoms with van der Waals surface area (Å²) in [6, 6.07) is 1.79. The molecular formula is C21H21ClN2O. The minimum atomic E-state index is 0.367.